The minimum atomic E-state index is -3.62. The molecule has 2 N–H and O–H groups in total. The summed E-state index contributed by atoms with van der Waals surface area (Å²) in [6.45, 7) is 0.151. The number of rotatable bonds is 5. The van der Waals surface area contributed by atoms with Gasteiger partial charge in [-0.3, -0.25) is 0 Å². The minimum absolute atomic E-state index is 0.151. The molecule has 3 rings (SSSR count). The van der Waals surface area contributed by atoms with E-state index in [4.69, 9.17) is 33.7 Å². The molecular weight excluding hydrogens is 369 g/mol. The molecule has 0 spiro atoms. The van der Waals surface area contributed by atoms with Crippen LogP contribution in [0.15, 0.2) is 53.4 Å². The molecule has 0 radical (unpaired) electrons. The van der Waals surface area contributed by atoms with Gasteiger partial charge in [0.1, 0.15) is 0 Å². The van der Waals surface area contributed by atoms with Crippen LogP contribution in [0.2, 0.25) is 10.0 Å². The molecule has 1 aliphatic carbocycles. The van der Waals surface area contributed by atoms with Crippen LogP contribution >= 0.6 is 23.2 Å². The summed E-state index contributed by atoms with van der Waals surface area (Å²) in [5.74, 6) is -0.351. The Morgan fingerprint density at radius 1 is 1.04 bits per heavy atom. The van der Waals surface area contributed by atoms with Crippen molar-refractivity contribution >= 4 is 33.0 Å². The fourth-order valence-corrected chi connectivity index (χ4v) is 5.78. The van der Waals surface area contributed by atoms with E-state index >= 15 is 0 Å². The quantitative estimate of drug-likeness (QED) is 0.856. The number of hydrogen-bond acceptors (Lipinski definition) is 4. The van der Waals surface area contributed by atoms with Gasteiger partial charge in [-0.15, -0.1) is 0 Å². The maximum Gasteiger partial charge on any atom is 0.183 e. The first kappa shape index (κ1) is 17.7. The van der Waals surface area contributed by atoms with Crippen LogP contribution in [0.3, 0.4) is 0 Å². The summed E-state index contributed by atoms with van der Waals surface area (Å²) in [7, 11) is -2.10. The van der Waals surface area contributed by atoms with E-state index in [1.807, 2.05) is 12.1 Å². The number of nitrogens with two attached hydrogens (primary N) is 1. The second-order valence-electron chi connectivity index (χ2n) is 5.99. The van der Waals surface area contributed by atoms with Crippen molar-refractivity contribution in [3.8, 4) is 0 Å². The summed E-state index contributed by atoms with van der Waals surface area (Å²) in [5.41, 5.74) is 6.27. The summed E-state index contributed by atoms with van der Waals surface area (Å²) in [4.78, 5) is 0.208. The van der Waals surface area contributed by atoms with Crippen molar-refractivity contribution in [2.24, 2.45) is 5.73 Å². The zero-order valence-corrected chi connectivity index (χ0v) is 15.3. The molecule has 24 heavy (non-hydrogen) atoms. The Morgan fingerprint density at radius 3 is 2.04 bits per heavy atom. The second-order valence-corrected chi connectivity index (χ2v) is 8.94. The van der Waals surface area contributed by atoms with Gasteiger partial charge >= 0.3 is 0 Å². The van der Waals surface area contributed by atoms with Gasteiger partial charge in [-0.25, -0.2) is 8.42 Å². The summed E-state index contributed by atoms with van der Waals surface area (Å²) >= 11 is 11.8. The van der Waals surface area contributed by atoms with Gasteiger partial charge < -0.3 is 10.5 Å². The number of hydrogen-bond donors (Lipinski definition) is 1. The van der Waals surface area contributed by atoms with E-state index in [2.05, 4.69) is 0 Å². The molecule has 0 aliphatic heterocycles. The fourth-order valence-electron chi connectivity index (χ4n) is 3.24. The van der Waals surface area contributed by atoms with Gasteiger partial charge in [-0.1, -0.05) is 35.3 Å². The molecule has 0 bridgehead atoms. The Bertz CT molecular complexity index is 837. The molecular formula is C17H17Cl2NO3S. The van der Waals surface area contributed by atoms with E-state index in [0.717, 1.165) is 5.56 Å². The van der Waals surface area contributed by atoms with Crippen LogP contribution in [0.4, 0.5) is 0 Å². The van der Waals surface area contributed by atoms with Crippen LogP contribution in [0.1, 0.15) is 11.5 Å². The van der Waals surface area contributed by atoms with Crippen molar-refractivity contribution in [1.29, 1.82) is 0 Å². The topological polar surface area (TPSA) is 69.4 Å². The lowest BCUT2D eigenvalue weighted by molar-refractivity contribution is 0.171. The van der Waals surface area contributed by atoms with E-state index in [1.165, 1.54) is 19.2 Å². The van der Waals surface area contributed by atoms with Crippen molar-refractivity contribution in [2.75, 3.05) is 13.7 Å². The first-order valence-electron chi connectivity index (χ1n) is 7.33. The van der Waals surface area contributed by atoms with Crippen LogP contribution in [-0.2, 0) is 14.6 Å². The van der Waals surface area contributed by atoms with Crippen molar-refractivity contribution in [1.82, 2.24) is 0 Å². The van der Waals surface area contributed by atoms with Gasteiger partial charge in [0.05, 0.1) is 22.3 Å². The Kier molecular flexibility index (Phi) is 4.66. The summed E-state index contributed by atoms with van der Waals surface area (Å²) < 4.78 is 31.3. The third-order valence-corrected chi connectivity index (χ3v) is 7.22. The average Bonchev–Trinajstić information content (AvgIpc) is 3.15. The molecule has 1 aliphatic rings. The highest BCUT2D eigenvalue weighted by atomic mass is 35.5. The van der Waals surface area contributed by atoms with Crippen molar-refractivity contribution < 1.29 is 13.2 Å². The lowest BCUT2D eigenvalue weighted by atomic mass is 10.1. The van der Waals surface area contributed by atoms with Crippen LogP contribution < -0.4 is 5.73 Å². The van der Waals surface area contributed by atoms with Gasteiger partial charge in [0, 0.05) is 23.1 Å². The van der Waals surface area contributed by atoms with Gasteiger partial charge in [-0.05, 0) is 42.0 Å². The van der Waals surface area contributed by atoms with Crippen LogP contribution in [-0.4, -0.2) is 32.9 Å². The van der Waals surface area contributed by atoms with E-state index in [-0.39, 0.29) is 17.4 Å². The zero-order valence-electron chi connectivity index (χ0n) is 12.9. The monoisotopic (exact) mass is 385 g/mol. The largest absolute Gasteiger partial charge is 0.383 e. The molecule has 2 aromatic carbocycles. The number of halogens is 2. The minimum Gasteiger partial charge on any atom is -0.383 e. The van der Waals surface area contributed by atoms with Crippen molar-refractivity contribution in [3.05, 3.63) is 64.1 Å². The molecule has 4 nitrogen and oxygen atoms in total. The Labute approximate surface area is 151 Å². The Balaban J connectivity index is 2.01. The van der Waals surface area contributed by atoms with Gasteiger partial charge in [0.15, 0.2) is 9.84 Å². The number of sulfone groups is 1. The van der Waals surface area contributed by atoms with Crippen LogP contribution in [0.25, 0.3) is 0 Å². The van der Waals surface area contributed by atoms with E-state index in [0.29, 0.717) is 10.0 Å². The Hall–Kier alpha value is -1.11. The van der Waals surface area contributed by atoms with E-state index in [1.54, 1.807) is 24.3 Å². The Morgan fingerprint density at radius 2 is 1.54 bits per heavy atom. The van der Waals surface area contributed by atoms with Crippen LogP contribution in [0.5, 0.6) is 0 Å². The number of ether oxygens (including phenoxy) is 1. The number of methoxy groups -OCH3 is 1. The predicted octanol–water partition coefficient (Wildman–Crippen LogP) is 3.28. The van der Waals surface area contributed by atoms with E-state index in [9.17, 15) is 8.42 Å². The molecule has 0 amide bonds. The lowest BCUT2D eigenvalue weighted by Gasteiger charge is -2.11. The summed E-state index contributed by atoms with van der Waals surface area (Å²) in [6, 6.07) is 13.2. The normalized spacial score (nSPS) is 26.3. The van der Waals surface area contributed by atoms with Crippen molar-refractivity contribution in [2.45, 2.75) is 21.6 Å². The molecule has 0 saturated heterocycles. The lowest BCUT2D eigenvalue weighted by Crippen LogP contribution is -2.35. The molecule has 0 heterocycles. The second kappa shape index (κ2) is 6.32. The van der Waals surface area contributed by atoms with E-state index < -0.39 is 20.6 Å². The third-order valence-electron chi connectivity index (χ3n) is 4.40. The van der Waals surface area contributed by atoms with Gasteiger partial charge in [0.2, 0.25) is 0 Å². The third kappa shape index (κ3) is 2.95. The highest BCUT2D eigenvalue weighted by molar-refractivity contribution is 7.92. The first-order chi connectivity index (χ1) is 11.3. The molecule has 0 aromatic heterocycles. The maximum absolute atomic E-state index is 13.0. The first-order valence-corrected chi connectivity index (χ1v) is 9.63. The number of benzene rings is 2. The maximum atomic E-state index is 13.0. The average molecular weight is 386 g/mol. The molecule has 1 fully saturated rings. The fraction of sp³-hybridized carbons (Fsp3) is 0.294. The molecule has 1 saturated carbocycles. The molecule has 2 aromatic rings. The SMILES string of the molecule is COC[C@@]1(N)[C@H](S(=O)(=O)c2ccc(Cl)cc2)[C@@H]1c1ccc(Cl)cc1. The summed E-state index contributed by atoms with van der Waals surface area (Å²) in [6.07, 6.45) is 0. The molecule has 3 atom stereocenters. The smallest absolute Gasteiger partial charge is 0.183 e. The van der Waals surface area contributed by atoms with Crippen molar-refractivity contribution in [3.63, 3.8) is 0 Å². The highest BCUT2D eigenvalue weighted by Crippen LogP contribution is 2.55. The standard InChI is InChI=1S/C17H17Cl2NO3S/c1-23-10-17(20)15(11-2-4-12(18)5-3-11)16(17)24(21,22)14-8-6-13(19)7-9-14/h2-9,15-16H,10,20H2,1H3/t15-,16+,17-/m0/s1. The zero-order chi connectivity index (χ0) is 17.5. The van der Waals surface area contributed by atoms with Crippen LogP contribution in [0, 0.1) is 0 Å². The van der Waals surface area contributed by atoms with Gasteiger partial charge in [-0.2, -0.15) is 0 Å². The molecule has 128 valence electrons. The van der Waals surface area contributed by atoms with Gasteiger partial charge in [0.25, 0.3) is 0 Å². The molecule has 7 heteroatoms. The summed E-state index contributed by atoms with van der Waals surface area (Å²) in [5, 5.41) is 0.313. The highest BCUT2D eigenvalue weighted by Gasteiger charge is 2.69. The molecule has 0 unspecified atom stereocenters. The predicted molar refractivity (Wildman–Crippen MR) is 95.4 cm³/mol.